The minimum atomic E-state index is -0.210. The van der Waals surface area contributed by atoms with Gasteiger partial charge in [0.2, 0.25) is 0 Å². The van der Waals surface area contributed by atoms with Crippen molar-refractivity contribution in [2.75, 3.05) is 13.2 Å². The van der Waals surface area contributed by atoms with E-state index in [4.69, 9.17) is 4.74 Å². The quantitative estimate of drug-likeness (QED) is 0.845. The highest BCUT2D eigenvalue weighted by Crippen LogP contribution is 2.43. The summed E-state index contributed by atoms with van der Waals surface area (Å²) in [4.78, 5) is 0. The predicted octanol–water partition coefficient (Wildman–Crippen LogP) is 2.60. The summed E-state index contributed by atoms with van der Waals surface area (Å²) in [6.45, 7) is 10.2. The first kappa shape index (κ1) is 16.6. The number of aromatic nitrogens is 2. The second-order valence-electron chi connectivity index (χ2n) is 7.04. The van der Waals surface area contributed by atoms with Crippen molar-refractivity contribution in [3.63, 3.8) is 0 Å². The van der Waals surface area contributed by atoms with Crippen LogP contribution in [0.25, 0.3) is 0 Å². The summed E-state index contributed by atoms with van der Waals surface area (Å²) in [6, 6.07) is 0. The molecule has 0 unspecified atom stereocenters. The first-order chi connectivity index (χ1) is 9.88. The predicted molar refractivity (Wildman–Crippen MR) is 84.5 cm³/mol. The highest BCUT2D eigenvalue weighted by Gasteiger charge is 2.42. The summed E-state index contributed by atoms with van der Waals surface area (Å²) in [6.07, 6.45) is 3.20. The second-order valence-corrected chi connectivity index (χ2v) is 8.07. The molecule has 1 heterocycles. The van der Waals surface area contributed by atoms with E-state index in [2.05, 4.69) is 36.3 Å². The third kappa shape index (κ3) is 4.37. The van der Waals surface area contributed by atoms with Crippen LogP contribution in [0.2, 0.25) is 0 Å². The third-order valence-corrected chi connectivity index (χ3v) is 4.93. The van der Waals surface area contributed by atoms with Crippen molar-refractivity contribution >= 4 is 11.3 Å². The van der Waals surface area contributed by atoms with Gasteiger partial charge in [0.15, 0.2) is 0 Å². The van der Waals surface area contributed by atoms with Gasteiger partial charge in [-0.2, -0.15) is 0 Å². The monoisotopic (exact) mass is 313 g/mol. The van der Waals surface area contributed by atoms with E-state index in [1.807, 2.05) is 6.92 Å². The van der Waals surface area contributed by atoms with Gasteiger partial charge in [0.1, 0.15) is 5.01 Å². The Hall–Kier alpha value is -0.720. The second kappa shape index (κ2) is 6.58. The molecule has 0 aliphatic heterocycles. The van der Waals surface area contributed by atoms with Crippen LogP contribution >= 0.6 is 11.3 Å². The van der Waals surface area contributed by atoms with E-state index >= 15 is 0 Å². The van der Waals surface area contributed by atoms with E-state index in [0.29, 0.717) is 24.3 Å². The number of nitrogens with one attached hydrogen (secondary N) is 1. The smallest absolute Gasteiger partial charge is 0.294 e. The number of hydrogen-bond acceptors (Lipinski definition) is 6. The number of rotatable bonds is 6. The molecule has 0 bridgehead atoms. The van der Waals surface area contributed by atoms with Crippen molar-refractivity contribution in [3.8, 4) is 5.19 Å². The lowest BCUT2D eigenvalue weighted by molar-refractivity contribution is 0.0352. The summed E-state index contributed by atoms with van der Waals surface area (Å²) in [7, 11) is 0. The maximum atomic E-state index is 9.94. The van der Waals surface area contributed by atoms with Crippen molar-refractivity contribution in [1.82, 2.24) is 15.5 Å². The van der Waals surface area contributed by atoms with Crippen LogP contribution in [0.3, 0.4) is 0 Å². The molecule has 120 valence electrons. The van der Waals surface area contributed by atoms with Crippen LogP contribution < -0.4 is 10.1 Å². The molecule has 0 aromatic carbocycles. The summed E-state index contributed by atoms with van der Waals surface area (Å²) < 4.78 is 5.35. The number of hydrogen-bond donors (Lipinski definition) is 2. The van der Waals surface area contributed by atoms with Gasteiger partial charge < -0.3 is 15.2 Å². The lowest BCUT2D eigenvalue weighted by atomic mass is 9.64. The molecule has 0 saturated heterocycles. The molecule has 2 atom stereocenters. The fraction of sp³-hybridized carbons (Fsp3) is 0.867. The Morgan fingerprint density at radius 3 is 2.76 bits per heavy atom. The van der Waals surface area contributed by atoms with Gasteiger partial charge >= 0.3 is 0 Å². The van der Waals surface area contributed by atoms with E-state index in [1.165, 1.54) is 17.8 Å². The van der Waals surface area contributed by atoms with E-state index < -0.39 is 0 Å². The van der Waals surface area contributed by atoms with Gasteiger partial charge in [-0.3, -0.25) is 0 Å². The maximum Gasteiger partial charge on any atom is 0.294 e. The fourth-order valence-electron chi connectivity index (χ4n) is 3.81. The highest BCUT2D eigenvalue weighted by molar-refractivity contribution is 7.13. The average molecular weight is 313 g/mol. The molecular formula is C15H27N3O2S. The van der Waals surface area contributed by atoms with E-state index in [0.717, 1.165) is 17.8 Å². The van der Waals surface area contributed by atoms with Gasteiger partial charge in [-0.05, 0) is 37.5 Å². The molecule has 0 amide bonds. The Labute approximate surface area is 131 Å². The number of aliphatic hydroxyl groups excluding tert-OH is 1. The number of ether oxygens (including phenoxy) is 1. The highest BCUT2D eigenvalue weighted by atomic mass is 32.1. The normalized spacial score (nSPS) is 28.5. The van der Waals surface area contributed by atoms with Crippen LogP contribution in [0, 0.1) is 11.3 Å². The van der Waals surface area contributed by atoms with Crippen LogP contribution in [0.1, 0.15) is 52.0 Å². The third-order valence-electron chi connectivity index (χ3n) is 4.09. The molecule has 21 heavy (non-hydrogen) atoms. The molecule has 2 N–H and O–H groups in total. The van der Waals surface area contributed by atoms with Crippen molar-refractivity contribution in [1.29, 1.82) is 0 Å². The molecule has 1 aliphatic carbocycles. The van der Waals surface area contributed by atoms with Crippen molar-refractivity contribution in [2.24, 2.45) is 11.3 Å². The van der Waals surface area contributed by atoms with Crippen LogP contribution in [0.5, 0.6) is 5.19 Å². The van der Waals surface area contributed by atoms with Crippen molar-refractivity contribution < 1.29 is 9.84 Å². The topological polar surface area (TPSA) is 67.3 Å². The SMILES string of the molecule is CCOc1nnc(CN[C@]2(CO)C[C@@H](C)CC(C)(C)C2)s1. The van der Waals surface area contributed by atoms with Gasteiger partial charge in [0.25, 0.3) is 5.19 Å². The van der Waals surface area contributed by atoms with Gasteiger partial charge in [0, 0.05) is 5.54 Å². The van der Waals surface area contributed by atoms with Crippen molar-refractivity contribution in [3.05, 3.63) is 5.01 Å². The summed E-state index contributed by atoms with van der Waals surface area (Å²) in [5.41, 5.74) is 0.0453. The molecule has 1 aromatic rings. The fourth-order valence-corrected chi connectivity index (χ4v) is 4.49. The lowest BCUT2D eigenvalue weighted by Gasteiger charge is -2.47. The van der Waals surface area contributed by atoms with Crippen LogP contribution in [-0.4, -0.2) is 34.1 Å². The van der Waals surface area contributed by atoms with Gasteiger partial charge in [0.05, 0.1) is 19.8 Å². The van der Waals surface area contributed by atoms with Crippen LogP contribution in [0.15, 0.2) is 0 Å². The van der Waals surface area contributed by atoms with Gasteiger partial charge in [-0.25, -0.2) is 0 Å². The Balaban J connectivity index is 2.00. The molecule has 1 fully saturated rings. The molecule has 1 saturated carbocycles. The standard InChI is InChI=1S/C15H27N3O2S/c1-5-20-13-18-17-12(21-13)8-16-15(10-19)7-11(2)6-14(3,4)9-15/h11,16,19H,5-10H2,1-4H3/t11-,15+/m0/s1. The Bertz CT molecular complexity index is 464. The van der Waals surface area contributed by atoms with E-state index in [1.54, 1.807) is 0 Å². The largest absolute Gasteiger partial charge is 0.469 e. The lowest BCUT2D eigenvalue weighted by Crippen LogP contribution is -2.54. The Kier molecular flexibility index (Phi) is 5.22. The number of aliphatic hydroxyl groups is 1. The summed E-state index contributed by atoms with van der Waals surface area (Å²) >= 11 is 1.47. The number of nitrogens with zero attached hydrogens (tertiary/aromatic N) is 2. The zero-order valence-corrected chi connectivity index (χ0v) is 14.3. The Morgan fingerprint density at radius 2 is 2.14 bits per heavy atom. The molecule has 0 spiro atoms. The molecule has 2 rings (SSSR count). The molecule has 5 nitrogen and oxygen atoms in total. The minimum Gasteiger partial charge on any atom is -0.469 e. The van der Waals surface area contributed by atoms with Crippen LogP contribution in [0.4, 0.5) is 0 Å². The van der Waals surface area contributed by atoms with Gasteiger partial charge in [-0.1, -0.05) is 32.1 Å². The van der Waals surface area contributed by atoms with Crippen molar-refractivity contribution in [2.45, 2.75) is 59.0 Å². The molecule has 1 aliphatic rings. The van der Waals surface area contributed by atoms with E-state index in [9.17, 15) is 5.11 Å². The molecule has 1 aromatic heterocycles. The minimum absolute atomic E-state index is 0.165. The molecular weight excluding hydrogens is 286 g/mol. The zero-order chi connectivity index (χ0) is 15.5. The van der Waals surface area contributed by atoms with E-state index in [-0.39, 0.29) is 17.6 Å². The maximum absolute atomic E-state index is 9.94. The van der Waals surface area contributed by atoms with Crippen LogP contribution in [-0.2, 0) is 6.54 Å². The summed E-state index contributed by atoms with van der Waals surface area (Å²) in [5, 5.41) is 23.1. The average Bonchev–Trinajstić information content (AvgIpc) is 2.82. The molecule has 6 heteroatoms. The first-order valence-corrected chi connectivity index (χ1v) is 8.51. The summed E-state index contributed by atoms with van der Waals surface area (Å²) in [5.74, 6) is 0.613. The Morgan fingerprint density at radius 1 is 1.38 bits per heavy atom. The zero-order valence-electron chi connectivity index (χ0n) is 13.5. The first-order valence-electron chi connectivity index (χ1n) is 7.69. The van der Waals surface area contributed by atoms with Gasteiger partial charge in [-0.15, -0.1) is 10.2 Å². The molecule has 0 radical (unpaired) electrons.